The fourth-order valence-electron chi connectivity index (χ4n) is 2.54. The van der Waals surface area contributed by atoms with Crippen LogP contribution in [0.4, 0.5) is 0 Å². The number of nitrogens with one attached hydrogen (secondary N) is 1. The smallest absolute Gasteiger partial charge is 0.240 e. The summed E-state index contributed by atoms with van der Waals surface area (Å²) in [5.74, 6) is 0.487. The highest BCUT2D eigenvalue weighted by molar-refractivity contribution is 7.89. The van der Waals surface area contributed by atoms with Crippen molar-refractivity contribution in [2.75, 3.05) is 27.8 Å². The highest BCUT2D eigenvalue weighted by Gasteiger charge is 2.18. The number of benzene rings is 2. The van der Waals surface area contributed by atoms with Crippen molar-refractivity contribution in [2.24, 2.45) is 0 Å². The van der Waals surface area contributed by atoms with Crippen LogP contribution in [0, 0.1) is 0 Å². The van der Waals surface area contributed by atoms with E-state index in [1.807, 2.05) is 0 Å². The number of nitrogens with zero attached hydrogens (tertiary/aromatic N) is 1. The normalized spacial score (nSPS) is 11.2. The molecule has 1 amide bonds. The molecule has 2 aromatic carbocycles. The number of carbonyl (C=O) groups excluding carboxylic acids is 1. The standard InChI is InChI=1S/C19H22Cl2N2O5S/c1-23(12-13-4-5-14(20)10-16(13)21)19(24)8-9-22-29(25,26)15-6-7-17(27-2)18(11-15)28-3/h4-7,10-11,22H,8-9,12H2,1-3H3. The number of amides is 1. The van der Waals surface area contributed by atoms with Gasteiger partial charge in [0.2, 0.25) is 15.9 Å². The zero-order valence-electron chi connectivity index (χ0n) is 16.2. The van der Waals surface area contributed by atoms with E-state index in [4.69, 9.17) is 32.7 Å². The predicted octanol–water partition coefficient (Wildman–Crippen LogP) is 3.34. The van der Waals surface area contributed by atoms with E-state index in [2.05, 4.69) is 4.72 Å². The molecule has 0 aliphatic heterocycles. The average Bonchev–Trinajstić information content (AvgIpc) is 2.69. The molecule has 7 nitrogen and oxygen atoms in total. The van der Waals surface area contributed by atoms with Crippen molar-refractivity contribution in [3.05, 3.63) is 52.0 Å². The van der Waals surface area contributed by atoms with E-state index in [0.29, 0.717) is 21.5 Å². The second-order valence-electron chi connectivity index (χ2n) is 6.15. The number of carbonyl (C=O) groups is 1. The van der Waals surface area contributed by atoms with Crippen molar-refractivity contribution >= 4 is 39.1 Å². The predicted molar refractivity (Wildman–Crippen MR) is 112 cm³/mol. The van der Waals surface area contributed by atoms with Gasteiger partial charge in [0, 0.05) is 42.7 Å². The van der Waals surface area contributed by atoms with E-state index in [-0.39, 0.29) is 30.3 Å². The Kier molecular flexibility index (Phi) is 8.15. The minimum atomic E-state index is -3.80. The first kappa shape index (κ1) is 23.3. The molecule has 0 saturated carbocycles. The lowest BCUT2D eigenvalue weighted by Gasteiger charge is -2.18. The lowest BCUT2D eigenvalue weighted by molar-refractivity contribution is -0.130. The minimum Gasteiger partial charge on any atom is -0.493 e. The van der Waals surface area contributed by atoms with E-state index < -0.39 is 10.0 Å². The zero-order valence-corrected chi connectivity index (χ0v) is 18.6. The molecule has 2 rings (SSSR count). The van der Waals surface area contributed by atoms with Gasteiger partial charge >= 0.3 is 0 Å². The van der Waals surface area contributed by atoms with Crippen LogP contribution in [0.5, 0.6) is 11.5 Å². The Balaban J connectivity index is 1.94. The van der Waals surface area contributed by atoms with Crippen molar-refractivity contribution < 1.29 is 22.7 Å². The van der Waals surface area contributed by atoms with Crippen LogP contribution in [0.3, 0.4) is 0 Å². The summed E-state index contributed by atoms with van der Waals surface area (Å²) in [4.78, 5) is 13.8. The molecule has 0 bridgehead atoms. The first-order valence-electron chi connectivity index (χ1n) is 8.57. The Bertz CT molecular complexity index is 983. The first-order chi connectivity index (χ1) is 13.7. The van der Waals surface area contributed by atoms with E-state index in [1.54, 1.807) is 25.2 Å². The Morgan fingerprint density at radius 3 is 2.38 bits per heavy atom. The van der Waals surface area contributed by atoms with Crippen molar-refractivity contribution in [1.82, 2.24) is 9.62 Å². The quantitative estimate of drug-likeness (QED) is 0.619. The van der Waals surface area contributed by atoms with Gasteiger partial charge in [0.1, 0.15) is 0 Å². The van der Waals surface area contributed by atoms with Gasteiger partial charge in [-0.15, -0.1) is 0 Å². The summed E-state index contributed by atoms with van der Waals surface area (Å²) < 4.78 is 37.6. The summed E-state index contributed by atoms with van der Waals surface area (Å²) in [5.41, 5.74) is 0.748. The third kappa shape index (κ3) is 6.24. The maximum Gasteiger partial charge on any atom is 0.240 e. The highest BCUT2D eigenvalue weighted by atomic mass is 35.5. The maximum atomic E-state index is 12.5. The van der Waals surface area contributed by atoms with E-state index in [0.717, 1.165) is 5.56 Å². The first-order valence-corrected chi connectivity index (χ1v) is 10.8. The minimum absolute atomic E-state index is 0.00573. The number of hydrogen-bond donors (Lipinski definition) is 1. The van der Waals surface area contributed by atoms with Crippen LogP contribution < -0.4 is 14.2 Å². The van der Waals surface area contributed by atoms with Gasteiger partial charge in [-0.2, -0.15) is 0 Å². The molecule has 0 aliphatic carbocycles. The summed E-state index contributed by atoms with van der Waals surface area (Å²) in [7, 11) is 0.701. The van der Waals surface area contributed by atoms with Gasteiger partial charge in [-0.1, -0.05) is 29.3 Å². The SMILES string of the molecule is COc1ccc(S(=O)(=O)NCCC(=O)N(C)Cc2ccc(Cl)cc2Cl)cc1OC. The van der Waals surface area contributed by atoms with Crippen LogP contribution in [0.1, 0.15) is 12.0 Å². The molecular weight excluding hydrogens is 439 g/mol. The molecule has 0 radical (unpaired) electrons. The van der Waals surface area contributed by atoms with Gasteiger partial charge < -0.3 is 14.4 Å². The second kappa shape index (κ2) is 10.2. The number of hydrogen-bond acceptors (Lipinski definition) is 5. The van der Waals surface area contributed by atoms with Gasteiger partial charge in [0.25, 0.3) is 0 Å². The molecule has 0 atom stereocenters. The Labute approximate surface area is 180 Å². The van der Waals surface area contributed by atoms with Gasteiger partial charge in [-0.05, 0) is 29.8 Å². The summed E-state index contributed by atoms with van der Waals surface area (Å²) in [6.07, 6.45) is -0.00573. The molecule has 1 N–H and O–H groups in total. The van der Waals surface area contributed by atoms with Crippen LogP contribution >= 0.6 is 23.2 Å². The summed E-state index contributed by atoms with van der Waals surface area (Å²) in [6, 6.07) is 9.31. The molecule has 0 fully saturated rings. The largest absolute Gasteiger partial charge is 0.493 e. The summed E-state index contributed by atoms with van der Waals surface area (Å²) in [6.45, 7) is 0.242. The lowest BCUT2D eigenvalue weighted by atomic mass is 10.2. The zero-order chi connectivity index (χ0) is 21.6. The number of sulfonamides is 1. The summed E-state index contributed by atoms with van der Waals surface area (Å²) in [5, 5.41) is 0.976. The molecule has 0 heterocycles. The molecule has 0 spiro atoms. The molecular formula is C19H22Cl2N2O5S. The number of methoxy groups -OCH3 is 2. The van der Waals surface area contributed by atoms with Crippen molar-refractivity contribution in [3.63, 3.8) is 0 Å². The van der Waals surface area contributed by atoms with E-state index in [1.165, 1.54) is 37.3 Å². The number of halogens is 2. The van der Waals surface area contributed by atoms with Crippen LogP contribution in [-0.4, -0.2) is 47.0 Å². The third-order valence-electron chi connectivity index (χ3n) is 4.14. The van der Waals surface area contributed by atoms with E-state index >= 15 is 0 Å². The molecule has 158 valence electrons. The molecule has 0 unspecified atom stereocenters. The van der Waals surface area contributed by atoms with Crippen molar-refractivity contribution in [3.8, 4) is 11.5 Å². The van der Waals surface area contributed by atoms with Gasteiger partial charge in [-0.3, -0.25) is 4.79 Å². The average molecular weight is 461 g/mol. The van der Waals surface area contributed by atoms with Crippen LogP contribution in [0.15, 0.2) is 41.3 Å². The van der Waals surface area contributed by atoms with Crippen molar-refractivity contribution in [1.29, 1.82) is 0 Å². The monoisotopic (exact) mass is 460 g/mol. The molecule has 0 aliphatic rings. The molecule has 10 heteroatoms. The van der Waals surface area contributed by atoms with Crippen LogP contribution in [0.2, 0.25) is 10.0 Å². The lowest BCUT2D eigenvalue weighted by Crippen LogP contribution is -2.32. The van der Waals surface area contributed by atoms with Crippen LogP contribution in [-0.2, 0) is 21.4 Å². The second-order valence-corrected chi connectivity index (χ2v) is 8.76. The topological polar surface area (TPSA) is 84.9 Å². The fourth-order valence-corrected chi connectivity index (χ4v) is 4.06. The molecule has 0 aromatic heterocycles. The highest BCUT2D eigenvalue weighted by Crippen LogP contribution is 2.29. The molecule has 0 saturated heterocycles. The fraction of sp³-hybridized carbons (Fsp3) is 0.316. The van der Waals surface area contributed by atoms with Gasteiger partial charge in [-0.25, -0.2) is 13.1 Å². The molecule has 2 aromatic rings. The van der Waals surface area contributed by atoms with Crippen molar-refractivity contribution in [2.45, 2.75) is 17.9 Å². The number of ether oxygens (including phenoxy) is 2. The van der Waals surface area contributed by atoms with E-state index in [9.17, 15) is 13.2 Å². The maximum absolute atomic E-state index is 12.5. The van der Waals surface area contributed by atoms with Crippen LogP contribution in [0.25, 0.3) is 0 Å². The number of rotatable bonds is 9. The third-order valence-corrected chi connectivity index (χ3v) is 6.19. The molecule has 29 heavy (non-hydrogen) atoms. The van der Waals surface area contributed by atoms with Gasteiger partial charge in [0.05, 0.1) is 19.1 Å². The van der Waals surface area contributed by atoms with Gasteiger partial charge in [0.15, 0.2) is 11.5 Å². The Morgan fingerprint density at radius 2 is 1.76 bits per heavy atom. The Hall–Kier alpha value is -2.00. The summed E-state index contributed by atoms with van der Waals surface area (Å²) >= 11 is 12.0. The Morgan fingerprint density at radius 1 is 1.07 bits per heavy atom.